The Bertz CT molecular complexity index is 692. The standard InChI is InChI=1S/C19H39F2NO5S2/c1-7-13-15-22(16-14-8-2)28(23,24)17(9-3,10-4)19(20,21)18(11-5,12-6)29(25,26)27/h7-16H2,1-6H3,(H,25,26,27). The molecule has 6 nitrogen and oxygen atoms in total. The molecule has 29 heavy (non-hydrogen) atoms. The van der Waals surface area contributed by atoms with Crippen LogP contribution in [0.25, 0.3) is 0 Å². The number of rotatable bonds is 15. The first-order valence-electron chi connectivity index (χ1n) is 10.6. The molecule has 0 saturated carbocycles. The number of hydrogen-bond donors (Lipinski definition) is 1. The fraction of sp³-hybridized carbons (Fsp3) is 1.00. The molecule has 1 N–H and O–H groups in total. The highest BCUT2D eigenvalue weighted by Gasteiger charge is 2.73. The quantitative estimate of drug-likeness (QED) is 0.350. The lowest BCUT2D eigenvalue weighted by atomic mass is 9.81. The molecule has 0 atom stereocenters. The van der Waals surface area contributed by atoms with Gasteiger partial charge in [0.1, 0.15) is 0 Å². The van der Waals surface area contributed by atoms with Gasteiger partial charge in [-0.25, -0.2) is 21.5 Å². The lowest BCUT2D eigenvalue weighted by molar-refractivity contribution is -0.0903. The van der Waals surface area contributed by atoms with Crippen molar-refractivity contribution in [3.8, 4) is 0 Å². The summed E-state index contributed by atoms with van der Waals surface area (Å²) in [5.74, 6) is -4.20. The normalized spacial score (nSPS) is 14.6. The average molecular weight is 464 g/mol. The molecule has 0 bridgehead atoms. The van der Waals surface area contributed by atoms with Gasteiger partial charge in [-0.1, -0.05) is 54.4 Å². The van der Waals surface area contributed by atoms with Gasteiger partial charge in [-0.2, -0.15) is 8.42 Å². The van der Waals surface area contributed by atoms with Crippen LogP contribution >= 0.6 is 0 Å². The summed E-state index contributed by atoms with van der Waals surface area (Å²) in [7, 11) is -9.82. The van der Waals surface area contributed by atoms with Crippen molar-refractivity contribution in [2.24, 2.45) is 0 Å². The zero-order valence-electron chi connectivity index (χ0n) is 18.7. The van der Waals surface area contributed by atoms with E-state index in [0.717, 1.165) is 4.31 Å². The van der Waals surface area contributed by atoms with Crippen LogP contribution in [0.5, 0.6) is 0 Å². The number of unbranched alkanes of at least 4 members (excludes halogenated alkanes) is 2. The molecule has 0 saturated heterocycles. The van der Waals surface area contributed by atoms with E-state index in [4.69, 9.17) is 0 Å². The van der Waals surface area contributed by atoms with Gasteiger partial charge in [0.2, 0.25) is 10.0 Å². The lowest BCUT2D eigenvalue weighted by Crippen LogP contribution is -2.69. The van der Waals surface area contributed by atoms with E-state index < -0.39 is 61.2 Å². The molecular formula is C19H39F2NO5S2. The van der Waals surface area contributed by atoms with Crippen LogP contribution in [0, 0.1) is 0 Å². The van der Waals surface area contributed by atoms with E-state index >= 15 is 8.78 Å². The van der Waals surface area contributed by atoms with E-state index in [9.17, 15) is 21.4 Å². The van der Waals surface area contributed by atoms with Crippen molar-refractivity contribution in [1.82, 2.24) is 4.31 Å². The maximum absolute atomic E-state index is 16.1. The van der Waals surface area contributed by atoms with Gasteiger partial charge in [-0.05, 0) is 38.5 Å². The first kappa shape index (κ1) is 28.7. The maximum atomic E-state index is 16.1. The summed E-state index contributed by atoms with van der Waals surface area (Å²) < 4.78 is 89.2. The molecule has 0 aromatic carbocycles. The molecule has 0 aromatic heterocycles. The summed E-state index contributed by atoms with van der Waals surface area (Å²) in [6.07, 6.45) is 0.284. The second-order valence-corrected chi connectivity index (χ2v) is 11.5. The molecule has 0 heterocycles. The highest BCUT2D eigenvalue weighted by atomic mass is 32.2. The van der Waals surface area contributed by atoms with Crippen LogP contribution in [0.4, 0.5) is 8.78 Å². The van der Waals surface area contributed by atoms with Crippen molar-refractivity contribution in [1.29, 1.82) is 0 Å². The second kappa shape index (κ2) is 10.8. The van der Waals surface area contributed by atoms with Gasteiger partial charge in [0, 0.05) is 13.1 Å². The molecule has 0 aliphatic carbocycles. The zero-order valence-corrected chi connectivity index (χ0v) is 20.3. The molecule has 0 aliphatic rings. The van der Waals surface area contributed by atoms with Gasteiger partial charge in [0.15, 0.2) is 9.49 Å². The molecule has 10 heteroatoms. The maximum Gasteiger partial charge on any atom is 0.290 e. The van der Waals surface area contributed by atoms with E-state index in [2.05, 4.69) is 0 Å². The van der Waals surface area contributed by atoms with E-state index in [1.165, 1.54) is 27.7 Å². The Kier molecular flexibility index (Phi) is 10.7. The van der Waals surface area contributed by atoms with Gasteiger partial charge >= 0.3 is 0 Å². The predicted octanol–water partition coefficient (Wildman–Crippen LogP) is 4.86. The monoisotopic (exact) mass is 463 g/mol. The zero-order chi connectivity index (χ0) is 23.1. The van der Waals surface area contributed by atoms with Crippen LogP contribution in [0.15, 0.2) is 0 Å². The number of halogens is 2. The summed E-state index contributed by atoms with van der Waals surface area (Å²) in [5, 5.41) is 0. The van der Waals surface area contributed by atoms with Gasteiger partial charge in [-0.3, -0.25) is 4.55 Å². The Morgan fingerprint density at radius 1 is 0.724 bits per heavy atom. The molecule has 0 fully saturated rings. The van der Waals surface area contributed by atoms with Crippen LogP contribution in [0.2, 0.25) is 0 Å². The SMILES string of the molecule is CCCCN(CCCC)S(=O)(=O)C(CC)(CC)C(F)(F)C(CC)(CC)S(=O)(=O)O. The Morgan fingerprint density at radius 3 is 1.31 bits per heavy atom. The van der Waals surface area contributed by atoms with Crippen LogP contribution in [0.1, 0.15) is 92.9 Å². The van der Waals surface area contributed by atoms with Gasteiger partial charge in [0.25, 0.3) is 16.0 Å². The predicted molar refractivity (Wildman–Crippen MR) is 113 cm³/mol. The molecule has 0 radical (unpaired) electrons. The van der Waals surface area contributed by atoms with Crippen molar-refractivity contribution < 1.29 is 30.2 Å². The summed E-state index contributed by atoms with van der Waals surface area (Å²) in [5.41, 5.74) is 0. The molecule has 0 aromatic rings. The van der Waals surface area contributed by atoms with E-state index in [0.29, 0.717) is 25.7 Å². The average Bonchev–Trinajstić information content (AvgIpc) is 2.62. The van der Waals surface area contributed by atoms with Gasteiger partial charge < -0.3 is 0 Å². The first-order chi connectivity index (χ1) is 13.3. The summed E-state index contributed by atoms with van der Waals surface area (Å²) >= 11 is 0. The first-order valence-corrected chi connectivity index (χ1v) is 13.5. The highest BCUT2D eigenvalue weighted by molar-refractivity contribution is 7.91. The summed E-state index contributed by atoms with van der Waals surface area (Å²) in [4.78, 5) is 0. The minimum atomic E-state index is -5.24. The third kappa shape index (κ3) is 4.80. The Hall–Kier alpha value is -0.320. The minimum Gasteiger partial charge on any atom is -0.285 e. The molecule has 0 unspecified atom stereocenters. The second-order valence-electron chi connectivity index (χ2n) is 7.56. The van der Waals surface area contributed by atoms with Crippen LogP contribution in [0.3, 0.4) is 0 Å². The number of hydrogen-bond acceptors (Lipinski definition) is 4. The molecule has 0 aliphatic heterocycles. The Labute approximate surface area is 176 Å². The van der Waals surface area contributed by atoms with Crippen LogP contribution in [-0.4, -0.2) is 54.2 Å². The Balaban J connectivity index is 6.90. The van der Waals surface area contributed by atoms with Crippen LogP contribution < -0.4 is 0 Å². The molecule has 0 rings (SSSR count). The lowest BCUT2D eigenvalue weighted by Gasteiger charge is -2.48. The fourth-order valence-corrected chi connectivity index (χ4v) is 7.92. The number of alkyl halides is 2. The highest BCUT2D eigenvalue weighted by Crippen LogP contribution is 2.53. The molecule has 0 spiro atoms. The minimum absolute atomic E-state index is 0.105. The Morgan fingerprint density at radius 2 is 1.07 bits per heavy atom. The van der Waals surface area contributed by atoms with E-state index in [1.807, 2.05) is 13.8 Å². The topological polar surface area (TPSA) is 91.8 Å². The van der Waals surface area contributed by atoms with Crippen molar-refractivity contribution >= 4 is 20.1 Å². The van der Waals surface area contributed by atoms with Crippen LogP contribution in [-0.2, 0) is 20.1 Å². The smallest absolute Gasteiger partial charge is 0.285 e. The third-order valence-corrected chi connectivity index (χ3v) is 11.0. The van der Waals surface area contributed by atoms with Crippen molar-refractivity contribution in [2.45, 2.75) is 108 Å². The van der Waals surface area contributed by atoms with Crippen molar-refractivity contribution in [3.63, 3.8) is 0 Å². The summed E-state index contributed by atoms with van der Waals surface area (Å²) in [6.45, 7) is 9.12. The fourth-order valence-electron chi connectivity index (χ4n) is 4.13. The molecule has 176 valence electrons. The number of sulfonamides is 1. The van der Waals surface area contributed by atoms with Gasteiger partial charge in [-0.15, -0.1) is 0 Å². The van der Waals surface area contributed by atoms with Crippen molar-refractivity contribution in [2.75, 3.05) is 13.1 Å². The van der Waals surface area contributed by atoms with Crippen molar-refractivity contribution in [3.05, 3.63) is 0 Å². The van der Waals surface area contributed by atoms with E-state index in [-0.39, 0.29) is 13.1 Å². The number of nitrogens with zero attached hydrogens (tertiary/aromatic N) is 1. The largest absolute Gasteiger partial charge is 0.290 e. The molecular weight excluding hydrogens is 424 g/mol. The van der Waals surface area contributed by atoms with Gasteiger partial charge in [0.05, 0.1) is 0 Å². The summed E-state index contributed by atoms with van der Waals surface area (Å²) in [6, 6.07) is 0. The van der Waals surface area contributed by atoms with E-state index in [1.54, 1.807) is 0 Å². The third-order valence-electron chi connectivity index (χ3n) is 6.28. The molecule has 0 amide bonds.